The fourth-order valence-electron chi connectivity index (χ4n) is 5.13. The number of hydrogen-bond acceptors (Lipinski definition) is 6. The number of carbonyl (C=O) groups is 2. The molecule has 0 aliphatic heterocycles. The Kier molecular flexibility index (Phi) is 45.5. The number of fused-ring (bicyclic) bond motifs is 2. The van der Waals surface area contributed by atoms with Crippen LogP contribution in [-0.2, 0) is 49.8 Å². The number of ketones is 2. The van der Waals surface area contributed by atoms with E-state index >= 15 is 0 Å². The van der Waals surface area contributed by atoms with Crippen molar-refractivity contribution in [1.82, 2.24) is 9.97 Å². The topological polar surface area (TPSA) is 100 Å². The SMILES string of the molecule is CC.CC.CC.CC.CC(=O)C(C)=C(C)O.CC(=O)C(C)=C(C)O.Cc1ccc(F)cc1.Cc1ccc(F)cc1.[Ir].[Ir].[c-]1ccccc1-c1cc2ccccc2cn1.[c-]1ccccc1-c1ccc2ccccc2n1. The van der Waals surface area contributed by atoms with Crippen molar-refractivity contribution < 1.29 is 68.8 Å². The predicted octanol–water partition coefficient (Wildman–Crippen LogP) is 18.6. The van der Waals surface area contributed by atoms with Gasteiger partial charge in [0.25, 0.3) is 0 Å². The zero-order valence-corrected chi connectivity index (χ0v) is 51.0. The van der Waals surface area contributed by atoms with Crippen molar-refractivity contribution in [3.8, 4) is 22.5 Å². The minimum atomic E-state index is -0.171. The maximum absolute atomic E-state index is 12.1. The van der Waals surface area contributed by atoms with Crippen LogP contribution in [0.15, 0.2) is 193 Å². The maximum Gasteiger partial charge on any atom is 0.158 e. The van der Waals surface area contributed by atoms with E-state index in [-0.39, 0.29) is 74.9 Å². The van der Waals surface area contributed by atoms with Gasteiger partial charge in [0, 0.05) is 57.6 Å². The van der Waals surface area contributed by atoms with Gasteiger partial charge in [0.05, 0.1) is 17.0 Å². The van der Waals surface area contributed by atoms with Gasteiger partial charge in [0.1, 0.15) is 11.6 Å². The second-order valence-corrected chi connectivity index (χ2v) is 14.5. The summed E-state index contributed by atoms with van der Waals surface area (Å²) in [5.74, 6) is -0.281. The Bertz CT molecular complexity index is 2520. The Morgan fingerprint density at radius 2 is 0.811 bits per heavy atom. The van der Waals surface area contributed by atoms with Crippen LogP contribution >= 0.6 is 0 Å². The molecule has 8 rings (SSSR count). The Balaban J connectivity index is -0.000000396. The molecule has 8 aromatic rings. The third kappa shape index (κ3) is 31.3. The fourth-order valence-corrected chi connectivity index (χ4v) is 5.13. The molecule has 2 heterocycles. The minimum absolute atomic E-state index is 0. The third-order valence-corrected chi connectivity index (χ3v) is 9.36. The van der Waals surface area contributed by atoms with Gasteiger partial charge in [0.15, 0.2) is 11.6 Å². The van der Waals surface area contributed by atoms with Gasteiger partial charge >= 0.3 is 0 Å². The van der Waals surface area contributed by atoms with Crippen molar-refractivity contribution in [3.63, 3.8) is 0 Å². The third-order valence-electron chi connectivity index (χ3n) is 9.36. The van der Waals surface area contributed by atoms with Crippen LogP contribution in [0, 0.1) is 37.6 Å². The van der Waals surface area contributed by atoms with Crippen LogP contribution in [0.1, 0.15) is 108 Å². The normalized spacial score (nSPS) is 9.65. The molecule has 0 unspecified atom stereocenters. The van der Waals surface area contributed by atoms with Crippen molar-refractivity contribution in [1.29, 1.82) is 0 Å². The first-order valence-electron chi connectivity index (χ1n) is 24.4. The number of rotatable bonds is 4. The number of carbonyl (C=O) groups excluding carboxylic acids is 2. The van der Waals surface area contributed by atoms with Crippen LogP contribution in [0.2, 0.25) is 0 Å². The maximum atomic E-state index is 12.1. The molecule has 2 aromatic heterocycles. The van der Waals surface area contributed by atoms with Gasteiger partial charge in [-0.2, -0.15) is 0 Å². The Morgan fingerprint density at radius 3 is 1.16 bits per heavy atom. The monoisotopic (exact) mass is 1360 g/mol. The number of aliphatic hydroxyl groups excluding tert-OH is 2. The zero-order chi connectivity index (χ0) is 55.0. The van der Waals surface area contributed by atoms with Crippen molar-refractivity contribution in [2.45, 2.75) is 111 Å². The largest absolute Gasteiger partial charge is 0.512 e. The summed E-state index contributed by atoms with van der Waals surface area (Å²) in [4.78, 5) is 29.8. The molecule has 0 spiro atoms. The van der Waals surface area contributed by atoms with E-state index in [1.54, 1.807) is 38.1 Å². The number of Topliss-reactive ketones (excluding diaryl/α,β-unsaturated/α-hetero) is 2. The van der Waals surface area contributed by atoms with Crippen molar-refractivity contribution in [3.05, 3.63) is 228 Å². The molecule has 10 heteroatoms. The summed E-state index contributed by atoms with van der Waals surface area (Å²) in [5, 5.41) is 20.9. The number of allylic oxidation sites excluding steroid dienone is 4. The minimum Gasteiger partial charge on any atom is -0.512 e. The van der Waals surface area contributed by atoms with Crippen LogP contribution < -0.4 is 0 Å². The van der Waals surface area contributed by atoms with Crippen LogP contribution in [-0.4, -0.2) is 31.7 Å². The van der Waals surface area contributed by atoms with Crippen molar-refractivity contribution in [2.75, 3.05) is 0 Å². The number of nitrogens with zero attached hydrogens (tertiary/aromatic N) is 2. The fraction of sp³-hybridized carbons (Fsp3) is 0.250. The van der Waals surface area contributed by atoms with Gasteiger partial charge in [-0.1, -0.05) is 151 Å². The molecule has 6 aromatic carbocycles. The summed E-state index contributed by atoms with van der Waals surface area (Å²) in [5.41, 5.74) is 8.09. The molecular weight excluding hydrogens is 1280 g/mol. The van der Waals surface area contributed by atoms with E-state index in [1.165, 1.54) is 68.1 Å². The Hall–Kier alpha value is -6.28. The van der Waals surface area contributed by atoms with Crippen LogP contribution in [0.5, 0.6) is 0 Å². The van der Waals surface area contributed by atoms with Crippen LogP contribution in [0.25, 0.3) is 44.2 Å². The number of hydrogen-bond donors (Lipinski definition) is 2. The number of para-hydroxylation sites is 1. The smallest absolute Gasteiger partial charge is 0.158 e. The quantitative estimate of drug-likeness (QED) is 0.103. The molecular formula is C64H78F2Ir2N2O4-2. The van der Waals surface area contributed by atoms with Crippen molar-refractivity contribution >= 4 is 33.2 Å². The van der Waals surface area contributed by atoms with E-state index in [2.05, 4.69) is 52.4 Å². The number of aromatic nitrogens is 2. The Morgan fingerprint density at radius 1 is 0.446 bits per heavy atom. The van der Waals surface area contributed by atoms with E-state index in [0.717, 1.165) is 39.2 Å². The number of pyridine rings is 2. The van der Waals surface area contributed by atoms with E-state index in [9.17, 15) is 18.4 Å². The Labute approximate surface area is 469 Å². The van der Waals surface area contributed by atoms with Gasteiger partial charge in [-0.3, -0.25) is 14.6 Å². The molecule has 0 aliphatic rings. The van der Waals surface area contributed by atoms with Crippen LogP contribution in [0.3, 0.4) is 0 Å². The van der Waals surface area contributed by atoms with Gasteiger partial charge < -0.3 is 15.2 Å². The molecule has 2 radical (unpaired) electrons. The summed E-state index contributed by atoms with van der Waals surface area (Å²) >= 11 is 0. The van der Waals surface area contributed by atoms with E-state index < -0.39 is 0 Å². The second kappa shape index (κ2) is 45.3. The van der Waals surface area contributed by atoms with E-state index in [4.69, 9.17) is 10.2 Å². The number of halogens is 2. The van der Waals surface area contributed by atoms with Gasteiger partial charge in [-0.15, -0.1) is 71.8 Å². The number of aryl methyl sites for hydroxylation is 2. The zero-order valence-electron chi connectivity index (χ0n) is 46.2. The van der Waals surface area contributed by atoms with Crippen LogP contribution in [0.4, 0.5) is 8.78 Å². The molecule has 402 valence electrons. The first-order valence-corrected chi connectivity index (χ1v) is 24.4. The standard InChI is InChI=1S/2C15H10N.2C7H7F.2C6H10O2.4C2H6.2Ir/c1-2-6-12(7-3-1)15-10-13-8-4-5-9-14(13)11-16-15;1-2-6-12(7-3-1)15-11-10-13-8-4-5-9-14(13)16-15;2*1-6-2-4-7(8)5-3-6;2*1-4(5(2)7)6(3)8;4*1-2;;/h2*1-6,8-11H;2*2-5H,1H3;2*7H,1-3H3;4*1-2H3;;/q2*-1;;;;;;;;;;. The predicted molar refractivity (Wildman–Crippen MR) is 303 cm³/mol. The second-order valence-electron chi connectivity index (χ2n) is 14.5. The molecule has 0 saturated carbocycles. The first kappa shape index (κ1) is 74.2. The number of aliphatic hydroxyl groups is 2. The van der Waals surface area contributed by atoms with Gasteiger partial charge in [0.2, 0.25) is 0 Å². The van der Waals surface area contributed by atoms with Gasteiger partial charge in [-0.05, 0) is 113 Å². The summed E-state index contributed by atoms with van der Waals surface area (Å²) in [7, 11) is 0. The molecule has 0 amide bonds. The van der Waals surface area contributed by atoms with E-state index in [1.807, 2.05) is 160 Å². The molecule has 2 N–H and O–H groups in total. The molecule has 0 saturated heterocycles. The molecule has 0 fully saturated rings. The molecule has 0 atom stereocenters. The van der Waals surface area contributed by atoms with Gasteiger partial charge in [-0.25, -0.2) is 8.78 Å². The summed E-state index contributed by atoms with van der Waals surface area (Å²) in [6.07, 6.45) is 1.91. The summed E-state index contributed by atoms with van der Waals surface area (Å²) in [6, 6.07) is 57.6. The number of benzene rings is 6. The average molecular weight is 1360 g/mol. The molecule has 0 bridgehead atoms. The summed E-state index contributed by atoms with van der Waals surface area (Å²) in [6.45, 7) is 28.9. The molecule has 74 heavy (non-hydrogen) atoms. The van der Waals surface area contributed by atoms with Crippen molar-refractivity contribution in [2.24, 2.45) is 0 Å². The average Bonchev–Trinajstić information content (AvgIpc) is 3.43. The summed E-state index contributed by atoms with van der Waals surface area (Å²) < 4.78 is 24.2. The molecule has 6 nitrogen and oxygen atoms in total. The first-order chi connectivity index (χ1) is 34.5. The van der Waals surface area contributed by atoms with E-state index in [0.29, 0.717) is 11.1 Å². The molecule has 0 aliphatic carbocycles.